The third-order valence-electron chi connectivity index (χ3n) is 1.47. The summed E-state index contributed by atoms with van der Waals surface area (Å²) in [7, 11) is 1.31. The molecular weight excluding hydrogens is 158 g/mol. The van der Waals surface area contributed by atoms with E-state index in [0.29, 0.717) is 0 Å². The van der Waals surface area contributed by atoms with Crippen LogP contribution in [-0.2, 0) is 14.3 Å². The van der Waals surface area contributed by atoms with Gasteiger partial charge in [-0.2, -0.15) is 0 Å². The Labute approximate surface area is 73.0 Å². The highest BCUT2D eigenvalue weighted by molar-refractivity contribution is 5.75. The smallest absolute Gasteiger partial charge is 0.325 e. The Morgan fingerprint density at radius 3 is 2.17 bits per heavy atom. The fourth-order valence-corrected chi connectivity index (χ4v) is 0.842. The van der Waals surface area contributed by atoms with Crippen LogP contribution in [0, 0.1) is 0 Å². The Bertz CT molecular complexity index is 147. The molecular formula is C8H17NO3. The minimum Gasteiger partial charge on any atom is -0.468 e. The summed E-state index contributed by atoms with van der Waals surface area (Å²) in [6, 6.07) is -0.697. The number of hydrogen-bond acceptors (Lipinski definition) is 4. The van der Waals surface area contributed by atoms with E-state index in [1.807, 2.05) is 13.8 Å². The molecule has 4 nitrogen and oxygen atoms in total. The minimum absolute atomic E-state index is 0.0655. The lowest BCUT2D eigenvalue weighted by Crippen LogP contribution is -2.43. The van der Waals surface area contributed by atoms with E-state index in [-0.39, 0.29) is 12.2 Å². The summed E-state index contributed by atoms with van der Waals surface area (Å²) in [5.74, 6) is -0.442. The van der Waals surface area contributed by atoms with Crippen LogP contribution in [0.3, 0.4) is 0 Å². The molecule has 0 aromatic carbocycles. The van der Waals surface area contributed by atoms with Gasteiger partial charge in [-0.15, -0.1) is 0 Å². The molecule has 0 rings (SSSR count). The molecule has 72 valence electrons. The Morgan fingerprint density at radius 2 is 1.83 bits per heavy atom. The number of esters is 1. The van der Waals surface area contributed by atoms with Crippen LogP contribution in [0.4, 0.5) is 0 Å². The Morgan fingerprint density at radius 1 is 1.33 bits per heavy atom. The summed E-state index contributed by atoms with van der Waals surface area (Å²) in [6.07, 6.45) is -0.242. The fourth-order valence-electron chi connectivity index (χ4n) is 0.842. The summed E-state index contributed by atoms with van der Waals surface area (Å²) in [5, 5.41) is 0. The van der Waals surface area contributed by atoms with E-state index in [9.17, 15) is 4.79 Å². The van der Waals surface area contributed by atoms with Gasteiger partial charge in [0.25, 0.3) is 0 Å². The highest BCUT2D eigenvalue weighted by Gasteiger charge is 2.22. The van der Waals surface area contributed by atoms with Crippen molar-refractivity contribution in [2.45, 2.75) is 39.0 Å². The first-order chi connectivity index (χ1) is 5.49. The first-order valence-electron chi connectivity index (χ1n) is 3.98. The second kappa shape index (κ2) is 5.11. The second-order valence-corrected chi connectivity index (χ2v) is 2.94. The molecule has 0 heterocycles. The van der Waals surface area contributed by atoms with Crippen molar-refractivity contribution < 1.29 is 14.3 Å². The maximum atomic E-state index is 10.9. The van der Waals surface area contributed by atoms with E-state index in [2.05, 4.69) is 4.74 Å². The molecule has 0 amide bonds. The van der Waals surface area contributed by atoms with Gasteiger partial charge in [0.15, 0.2) is 0 Å². The number of carbonyl (C=O) groups is 1. The van der Waals surface area contributed by atoms with Crippen LogP contribution in [-0.4, -0.2) is 31.3 Å². The van der Waals surface area contributed by atoms with E-state index >= 15 is 0 Å². The highest BCUT2D eigenvalue weighted by atomic mass is 16.5. The molecule has 0 aromatic rings. The van der Waals surface area contributed by atoms with Gasteiger partial charge in [-0.3, -0.25) is 4.79 Å². The van der Waals surface area contributed by atoms with E-state index in [1.54, 1.807) is 6.92 Å². The van der Waals surface area contributed by atoms with Gasteiger partial charge >= 0.3 is 5.97 Å². The summed E-state index contributed by atoms with van der Waals surface area (Å²) in [5.41, 5.74) is 5.52. The second-order valence-electron chi connectivity index (χ2n) is 2.94. The van der Waals surface area contributed by atoms with E-state index in [0.717, 1.165) is 0 Å². The molecule has 0 unspecified atom stereocenters. The third kappa shape index (κ3) is 3.69. The van der Waals surface area contributed by atoms with Gasteiger partial charge in [0.05, 0.1) is 19.3 Å². The fraction of sp³-hybridized carbons (Fsp3) is 0.875. The molecule has 2 N–H and O–H groups in total. The number of carbonyl (C=O) groups excluding carboxylic acids is 1. The first-order valence-corrected chi connectivity index (χ1v) is 3.98. The summed E-state index contributed by atoms with van der Waals surface area (Å²) in [4.78, 5) is 10.9. The molecule has 0 bridgehead atoms. The largest absolute Gasteiger partial charge is 0.468 e. The Balaban J connectivity index is 3.91. The molecule has 0 radical (unpaired) electrons. The van der Waals surface area contributed by atoms with Crippen LogP contribution in [0.15, 0.2) is 0 Å². The Kier molecular flexibility index (Phi) is 4.85. The van der Waals surface area contributed by atoms with Crippen molar-refractivity contribution in [3.63, 3.8) is 0 Å². The van der Waals surface area contributed by atoms with Crippen molar-refractivity contribution in [2.24, 2.45) is 5.73 Å². The quantitative estimate of drug-likeness (QED) is 0.624. The van der Waals surface area contributed by atoms with Gasteiger partial charge in [0.1, 0.15) is 6.04 Å². The van der Waals surface area contributed by atoms with Crippen LogP contribution >= 0.6 is 0 Å². The van der Waals surface area contributed by atoms with Gasteiger partial charge in [-0.25, -0.2) is 0 Å². The van der Waals surface area contributed by atoms with Crippen molar-refractivity contribution in [3.8, 4) is 0 Å². The average molecular weight is 175 g/mol. The van der Waals surface area contributed by atoms with Crippen LogP contribution in [0.5, 0.6) is 0 Å². The SMILES string of the molecule is COC(=O)[C@@H](N)[C@H](C)OC(C)C. The predicted octanol–water partition coefficient (Wildman–Crippen LogP) is 0.300. The summed E-state index contributed by atoms with van der Waals surface area (Å²) in [6.45, 7) is 5.53. The van der Waals surface area contributed by atoms with Crippen molar-refractivity contribution in [1.82, 2.24) is 0 Å². The highest BCUT2D eigenvalue weighted by Crippen LogP contribution is 2.01. The van der Waals surface area contributed by atoms with Crippen molar-refractivity contribution >= 4 is 5.97 Å². The molecule has 0 saturated heterocycles. The summed E-state index contributed by atoms with van der Waals surface area (Å²) < 4.78 is 9.78. The molecule has 0 aliphatic heterocycles. The van der Waals surface area contributed by atoms with Crippen molar-refractivity contribution in [3.05, 3.63) is 0 Å². The van der Waals surface area contributed by atoms with Gasteiger partial charge in [-0.05, 0) is 20.8 Å². The average Bonchev–Trinajstić information content (AvgIpc) is 2.00. The topological polar surface area (TPSA) is 61.5 Å². The number of hydrogen-bond donors (Lipinski definition) is 1. The monoisotopic (exact) mass is 175 g/mol. The van der Waals surface area contributed by atoms with E-state index < -0.39 is 12.0 Å². The minimum atomic E-state index is -0.697. The van der Waals surface area contributed by atoms with Crippen LogP contribution in [0.2, 0.25) is 0 Å². The molecule has 0 spiro atoms. The molecule has 0 fully saturated rings. The molecule has 0 saturated carbocycles. The van der Waals surface area contributed by atoms with Crippen molar-refractivity contribution in [1.29, 1.82) is 0 Å². The Hall–Kier alpha value is -0.610. The first kappa shape index (κ1) is 11.4. The standard InChI is InChI=1S/C8H17NO3/c1-5(2)12-6(3)7(9)8(10)11-4/h5-7H,9H2,1-4H3/t6-,7-/m0/s1. The molecule has 2 atom stereocenters. The zero-order chi connectivity index (χ0) is 9.72. The number of nitrogens with two attached hydrogens (primary N) is 1. The lowest BCUT2D eigenvalue weighted by Gasteiger charge is -2.20. The molecule has 0 aliphatic carbocycles. The van der Waals surface area contributed by atoms with Crippen LogP contribution < -0.4 is 5.73 Å². The zero-order valence-electron chi connectivity index (χ0n) is 8.03. The van der Waals surface area contributed by atoms with Gasteiger partial charge < -0.3 is 15.2 Å². The van der Waals surface area contributed by atoms with Gasteiger partial charge in [0.2, 0.25) is 0 Å². The maximum absolute atomic E-state index is 10.9. The predicted molar refractivity (Wildman–Crippen MR) is 45.7 cm³/mol. The van der Waals surface area contributed by atoms with Crippen molar-refractivity contribution in [2.75, 3.05) is 7.11 Å². The van der Waals surface area contributed by atoms with Crippen LogP contribution in [0.1, 0.15) is 20.8 Å². The van der Waals surface area contributed by atoms with Gasteiger partial charge in [-0.1, -0.05) is 0 Å². The number of methoxy groups -OCH3 is 1. The third-order valence-corrected chi connectivity index (χ3v) is 1.47. The summed E-state index contributed by atoms with van der Waals surface area (Å²) >= 11 is 0. The van der Waals surface area contributed by atoms with E-state index in [4.69, 9.17) is 10.5 Å². The molecule has 12 heavy (non-hydrogen) atoms. The number of ether oxygens (including phenoxy) is 2. The maximum Gasteiger partial charge on any atom is 0.325 e. The normalized spacial score (nSPS) is 15.8. The van der Waals surface area contributed by atoms with E-state index in [1.165, 1.54) is 7.11 Å². The zero-order valence-corrected chi connectivity index (χ0v) is 8.03. The molecule has 4 heteroatoms. The number of rotatable bonds is 4. The lowest BCUT2D eigenvalue weighted by molar-refractivity contribution is -0.146. The molecule has 0 aliphatic rings. The van der Waals surface area contributed by atoms with Crippen LogP contribution in [0.25, 0.3) is 0 Å². The van der Waals surface area contributed by atoms with Gasteiger partial charge in [0, 0.05) is 0 Å². The molecule has 0 aromatic heterocycles. The lowest BCUT2D eigenvalue weighted by atomic mass is 10.2.